The number of hydrogen-bond donors (Lipinski definition) is 0. The fraction of sp³-hybridized carbons (Fsp3) is 0.105. The van der Waals surface area contributed by atoms with Gasteiger partial charge in [-0.05, 0) is 19.1 Å². The highest BCUT2D eigenvalue weighted by molar-refractivity contribution is 7.13. The van der Waals surface area contributed by atoms with Crippen molar-refractivity contribution in [1.82, 2.24) is 14.5 Å². The minimum atomic E-state index is -0.190. The van der Waals surface area contributed by atoms with Gasteiger partial charge in [0, 0.05) is 16.0 Å². The summed E-state index contributed by atoms with van der Waals surface area (Å²) in [5, 5.41) is 4.06. The highest BCUT2D eigenvalue weighted by Crippen LogP contribution is 2.25. The van der Waals surface area contributed by atoms with Crippen LogP contribution in [0.3, 0.4) is 0 Å². The normalized spacial score (nSPS) is 11.2. The minimum absolute atomic E-state index is 0.190. The van der Waals surface area contributed by atoms with E-state index in [4.69, 9.17) is 23.2 Å². The van der Waals surface area contributed by atoms with Crippen molar-refractivity contribution in [2.45, 2.75) is 13.5 Å². The summed E-state index contributed by atoms with van der Waals surface area (Å²) >= 11 is 13.7. The van der Waals surface area contributed by atoms with E-state index < -0.39 is 0 Å². The van der Waals surface area contributed by atoms with Crippen LogP contribution in [0.2, 0.25) is 10.0 Å². The molecule has 0 fully saturated rings. The average Bonchev–Trinajstić information content (AvgIpc) is 3.07. The number of halogens is 2. The summed E-state index contributed by atoms with van der Waals surface area (Å²) in [6, 6.07) is 11.4. The molecule has 0 aliphatic heterocycles. The summed E-state index contributed by atoms with van der Waals surface area (Å²) < 4.78 is 1.52. The van der Waals surface area contributed by atoms with E-state index in [-0.39, 0.29) is 5.56 Å². The number of nitrogens with zero attached hydrogens (tertiary/aromatic N) is 3. The van der Waals surface area contributed by atoms with Crippen LogP contribution < -0.4 is 5.56 Å². The predicted octanol–water partition coefficient (Wildman–Crippen LogP) is 5.18. The number of thiazole rings is 1. The lowest BCUT2D eigenvalue weighted by Gasteiger charge is -2.06. The molecule has 0 aliphatic rings. The molecular formula is C19H13Cl2N3OS. The van der Waals surface area contributed by atoms with Crippen molar-refractivity contribution in [3.05, 3.63) is 79.8 Å². The van der Waals surface area contributed by atoms with E-state index >= 15 is 0 Å². The molecule has 4 aromatic rings. The van der Waals surface area contributed by atoms with Gasteiger partial charge in [0.15, 0.2) is 0 Å². The second kappa shape index (κ2) is 6.83. The highest BCUT2D eigenvalue weighted by atomic mass is 35.5. The van der Waals surface area contributed by atoms with E-state index in [1.54, 1.807) is 23.5 Å². The Kier molecular flexibility index (Phi) is 4.53. The number of benzene rings is 2. The zero-order valence-electron chi connectivity index (χ0n) is 13.7. The van der Waals surface area contributed by atoms with Crippen LogP contribution in [0.4, 0.5) is 0 Å². The number of hydrogen-bond acceptors (Lipinski definition) is 4. The molecule has 4 rings (SSSR count). The molecule has 0 unspecified atom stereocenters. The van der Waals surface area contributed by atoms with Crippen LogP contribution in [0.15, 0.2) is 52.9 Å². The first-order valence-corrected chi connectivity index (χ1v) is 9.50. The Morgan fingerprint density at radius 2 is 1.92 bits per heavy atom. The highest BCUT2D eigenvalue weighted by Gasteiger charge is 2.11. The van der Waals surface area contributed by atoms with Gasteiger partial charge in [-0.25, -0.2) is 9.97 Å². The van der Waals surface area contributed by atoms with Gasteiger partial charge in [0.2, 0.25) is 0 Å². The van der Waals surface area contributed by atoms with Crippen molar-refractivity contribution in [1.29, 1.82) is 0 Å². The minimum Gasteiger partial charge on any atom is -0.293 e. The summed E-state index contributed by atoms with van der Waals surface area (Å²) in [6.07, 6.45) is 1.50. The number of aryl methyl sites for hydroxylation is 1. The monoisotopic (exact) mass is 401 g/mol. The summed E-state index contributed by atoms with van der Waals surface area (Å²) in [6.45, 7) is 2.39. The Morgan fingerprint density at radius 3 is 2.69 bits per heavy atom. The second-order valence-corrected chi connectivity index (χ2v) is 7.67. The number of aromatic nitrogens is 3. The Bertz CT molecular complexity index is 1170. The van der Waals surface area contributed by atoms with Gasteiger partial charge >= 0.3 is 0 Å². The molecule has 4 nitrogen and oxygen atoms in total. The van der Waals surface area contributed by atoms with Gasteiger partial charge in [-0.2, -0.15) is 0 Å². The molecule has 26 heavy (non-hydrogen) atoms. The Balaban J connectivity index is 1.69. The van der Waals surface area contributed by atoms with Gasteiger partial charge in [-0.1, -0.05) is 53.0 Å². The van der Waals surface area contributed by atoms with E-state index in [1.165, 1.54) is 16.5 Å². The number of fused-ring (bicyclic) bond motifs is 1. The molecule has 0 saturated heterocycles. The zero-order chi connectivity index (χ0) is 18.3. The first kappa shape index (κ1) is 17.2. The fourth-order valence-corrected chi connectivity index (χ4v) is 4.05. The maximum Gasteiger partial charge on any atom is 0.261 e. The topological polar surface area (TPSA) is 47.8 Å². The van der Waals surface area contributed by atoms with Crippen LogP contribution in [0, 0.1) is 6.92 Å². The van der Waals surface area contributed by atoms with E-state index in [2.05, 4.69) is 29.0 Å². The molecule has 2 aromatic carbocycles. The third kappa shape index (κ3) is 3.26. The molecule has 0 aliphatic carbocycles. The third-order valence-corrected chi connectivity index (χ3v) is 5.47. The zero-order valence-corrected chi connectivity index (χ0v) is 16.1. The van der Waals surface area contributed by atoms with Gasteiger partial charge in [-0.3, -0.25) is 9.36 Å². The smallest absolute Gasteiger partial charge is 0.261 e. The summed E-state index contributed by atoms with van der Waals surface area (Å²) in [5.74, 6) is 0. The number of rotatable bonds is 3. The van der Waals surface area contributed by atoms with Crippen molar-refractivity contribution in [3.63, 3.8) is 0 Å². The van der Waals surface area contributed by atoms with E-state index in [1.807, 2.05) is 17.5 Å². The summed E-state index contributed by atoms with van der Waals surface area (Å²) in [5.41, 5.74) is 3.34. The Labute approximate surface area is 163 Å². The lowest BCUT2D eigenvalue weighted by Crippen LogP contribution is -2.21. The van der Waals surface area contributed by atoms with Crippen molar-refractivity contribution in [3.8, 4) is 10.6 Å². The van der Waals surface area contributed by atoms with Crippen molar-refractivity contribution < 1.29 is 0 Å². The first-order valence-electron chi connectivity index (χ1n) is 7.87. The van der Waals surface area contributed by atoms with Gasteiger partial charge in [-0.15, -0.1) is 11.3 Å². The molecule has 0 N–H and O–H groups in total. The van der Waals surface area contributed by atoms with Crippen LogP contribution in [0.5, 0.6) is 0 Å². The first-order chi connectivity index (χ1) is 12.5. The molecule has 130 valence electrons. The van der Waals surface area contributed by atoms with Crippen LogP contribution in [-0.2, 0) is 6.54 Å². The van der Waals surface area contributed by atoms with Gasteiger partial charge in [0.25, 0.3) is 5.56 Å². The van der Waals surface area contributed by atoms with Crippen molar-refractivity contribution >= 4 is 45.4 Å². The van der Waals surface area contributed by atoms with Gasteiger partial charge in [0.1, 0.15) is 5.01 Å². The average molecular weight is 402 g/mol. The third-order valence-electron chi connectivity index (χ3n) is 4.03. The van der Waals surface area contributed by atoms with E-state index in [0.717, 1.165) is 16.3 Å². The van der Waals surface area contributed by atoms with Gasteiger partial charge < -0.3 is 0 Å². The lowest BCUT2D eigenvalue weighted by molar-refractivity contribution is 0.734. The Morgan fingerprint density at radius 1 is 1.15 bits per heavy atom. The maximum absolute atomic E-state index is 12.7. The maximum atomic E-state index is 12.7. The summed E-state index contributed by atoms with van der Waals surface area (Å²) in [4.78, 5) is 21.7. The van der Waals surface area contributed by atoms with Crippen LogP contribution in [-0.4, -0.2) is 14.5 Å². The molecule has 0 radical (unpaired) electrons. The van der Waals surface area contributed by atoms with Gasteiger partial charge in [0.05, 0.1) is 34.5 Å². The quantitative estimate of drug-likeness (QED) is 0.474. The Hall–Kier alpha value is -2.21. The van der Waals surface area contributed by atoms with Crippen LogP contribution in [0.25, 0.3) is 21.5 Å². The molecule has 0 atom stereocenters. The van der Waals surface area contributed by atoms with Crippen molar-refractivity contribution in [2.24, 2.45) is 0 Å². The lowest BCUT2D eigenvalue weighted by atomic mass is 10.2. The van der Waals surface area contributed by atoms with Crippen LogP contribution >= 0.6 is 34.5 Å². The van der Waals surface area contributed by atoms with E-state index in [9.17, 15) is 4.79 Å². The largest absolute Gasteiger partial charge is 0.293 e. The molecule has 2 aromatic heterocycles. The summed E-state index contributed by atoms with van der Waals surface area (Å²) in [7, 11) is 0. The standard InChI is InChI=1S/C19H13Cl2N3OS/c1-11-2-4-12(5-3-11)18-23-14(9-26-18)8-24-10-22-17-15(19(24)25)6-13(20)7-16(17)21/h2-7,9-10H,8H2,1H3. The molecule has 0 bridgehead atoms. The van der Waals surface area contributed by atoms with Crippen molar-refractivity contribution in [2.75, 3.05) is 0 Å². The molecule has 0 amide bonds. The van der Waals surface area contributed by atoms with E-state index in [0.29, 0.717) is 27.5 Å². The molecular weight excluding hydrogens is 389 g/mol. The second-order valence-electron chi connectivity index (χ2n) is 5.97. The molecule has 2 heterocycles. The molecule has 0 spiro atoms. The SMILES string of the molecule is Cc1ccc(-c2nc(Cn3cnc4c(Cl)cc(Cl)cc4c3=O)cs2)cc1. The predicted molar refractivity (Wildman–Crippen MR) is 107 cm³/mol. The molecule has 7 heteroatoms. The fourth-order valence-electron chi connectivity index (χ4n) is 2.69. The molecule has 0 saturated carbocycles. The van der Waals surface area contributed by atoms with Crippen LogP contribution in [0.1, 0.15) is 11.3 Å².